The Morgan fingerprint density at radius 1 is 0.328 bits per heavy atom. The van der Waals surface area contributed by atoms with Crippen molar-refractivity contribution in [1.29, 1.82) is 0 Å². The summed E-state index contributed by atoms with van der Waals surface area (Å²) in [6, 6.07) is 89.3. The predicted octanol–water partition coefficient (Wildman–Crippen LogP) is 12.8. The number of rotatable bonds is 7. The minimum Gasteiger partial charge on any atom is -0.456 e. The van der Waals surface area contributed by atoms with E-state index in [1.165, 1.54) is 58.8 Å². The highest BCUT2D eigenvalue weighted by molar-refractivity contribution is 7.19. The summed E-state index contributed by atoms with van der Waals surface area (Å²) >= 11 is 0. The molecule has 0 unspecified atom stereocenters. The molecule has 0 aliphatic rings. The number of hydrogen-bond donors (Lipinski definition) is 0. The summed E-state index contributed by atoms with van der Waals surface area (Å²) in [7, 11) is -2.81. The van der Waals surface area contributed by atoms with Gasteiger partial charge in [-0.05, 0) is 80.4 Å². The fourth-order valence-corrected chi connectivity index (χ4v) is 15.6. The minimum absolute atomic E-state index is 0.898. The van der Waals surface area contributed by atoms with Crippen LogP contribution in [0.1, 0.15) is 0 Å². The largest absolute Gasteiger partial charge is 0.456 e. The lowest BCUT2D eigenvalue weighted by atomic mass is 9.98. The van der Waals surface area contributed by atoms with Crippen molar-refractivity contribution in [2.75, 3.05) is 0 Å². The fourth-order valence-electron chi connectivity index (χ4n) is 10.8. The summed E-state index contributed by atoms with van der Waals surface area (Å²) < 4.78 is 11.4. The van der Waals surface area contributed by atoms with Gasteiger partial charge >= 0.3 is 0 Å². The third-order valence-electron chi connectivity index (χ3n) is 13.5. The number of furan rings is 1. The van der Waals surface area contributed by atoms with E-state index in [-0.39, 0.29) is 0 Å². The molecule has 0 N–H and O–H groups in total. The number of hydrogen-bond acceptors (Lipinski definition) is 1. The van der Waals surface area contributed by atoms with Crippen molar-refractivity contribution in [3.8, 4) is 22.5 Å². The first-order valence-electron chi connectivity index (χ1n) is 22.0. The highest BCUT2D eigenvalue weighted by atomic mass is 28.3. The maximum atomic E-state index is 6.37. The quantitative estimate of drug-likeness (QED) is 0.116. The lowest BCUT2D eigenvalue weighted by Gasteiger charge is -2.34. The molecule has 0 fully saturated rings. The third kappa shape index (κ3) is 5.33. The van der Waals surface area contributed by atoms with Gasteiger partial charge in [0, 0.05) is 38.0 Å². The molecule has 3 nitrogen and oxygen atoms in total. The summed E-state index contributed by atoms with van der Waals surface area (Å²) in [5.41, 5.74) is 11.1. The van der Waals surface area contributed by atoms with Gasteiger partial charge < -0.3 is 13.6 Å². The van der Waals surface area contributed by atoms with Gasteiger partial charge in [0.1, 0.15) is 11.2 Å². The molecular formula is C60H40N2OSi. The summed E-state index contributed by atoms with van der Waals surface area (Å²) in [5, 5.41) is 12.5. The van der Waals surface area contributed by atoms with Gasteiger partial charge in [0.25, 0.3) is 0 Å². The molecule has 0 amide bonds. The first kappa shape index (κ1) is 36.5. The zero-order valence-electron chi connectivity index (χ0n) is 34.9. The summed E-state index contributed by atoms with van der Waals surface area (Å²) in [4.78, 5) is 0. The van der Waals surface area contributed by atoms with Gasteiger partial charge in [-0.3, -0.25) is 0 Å². The van der Waals surface area contributed by atoms with Crippen LogP contribution in [0.25, 0.3) is 88.1 Å². The molecule has 4 heteroatoms. The molecule has 0 atom stereocenters. The number of aromatic nitrogens is 2. The molecule has 0 spiro atoms. The van der Waals surface area contributed by atoms with Gasteiger partial charge in [0.05, 0.1) is 27.8 Å². The first-order valence-corrected chi connectivity index (χ1v) is 24.0. The van der Waals surface area contributed by atoms with E-state index in [4.69, 9.17) is 4.42 Å². The second-order valence-corrected chi connectivity index (χ2v) is 20.6. The van der Waals surface area contributed by atoms with Gasteiger partial charge in [-0.2, -0.15) is 0 Å². The van der Waals surface area contributed by atoms with E-state index < -0.39 is 8.07 Å². The Hall–Kier alpha value is -8.18. The Balaban J connectivity index is 1.10. The van der Waals surface area contributed by atoms with Crippen molar-refractivity contribution in [1.82, 2.24) is 9.13 Å². The van der Waals surface area contributed by atoms with Crippen LogP contribution in [0.5, 0.6) is 0 Å². The Morgan fingerprint density at radius 2 is 0.844 bits per heavy atom. The number of nitrogens with zero attached hydrogens (tertiary/aromatic N) is 2. The van der Waals surface area contributed by atoms with E-state index in [0.717, 1.165) is 50.0 Å². The highest BCUT2D eigenvalue weighted by Gasteiger charge is 2.41. The Bertz CT molecular complexity index is 3800. The smallest absolute Gasteiger partial charge is 0.179 e. The molecule has 0 aliphatic heterocycles. The second kappa shape index (κ2) is 14.5. The molecule has 64 heavy (non-hydrogen) atoms. The topological polar surface area (TPSA) is 23.0 Å². The van der Waals surface area contributed by atoms with E-state index in [9.17, 15) is 0 Å². The van der Waals surface area contributed by atoms with Gasteiger partial charge in [0.2, 0.25) is 0 Å². The molecule has 0 radical (unpaired) electrons. The Morgan fingerprint density at radius 3 is 1.55 bits per heavy atom. The zero-order valence-corrected chi connectivity index (χ0v) is 35.9. The molecule has 10 aromatic carbocycles. The van der Waals surface area contributed by atoms with E-state index in [0.29, 0.717) is 0 Å². The van der Waals surface area contributed by atoms with Crippen molar-refractivity contribution < 1.29 is 4.42 Å². The fraction of sp³-hybridized carbons (Fsp3) is 0. The van der Waals surface area contributed by atoms with E-state index in [1.54, 1.807) is 0 Å². The number of benzene rings is 10. The van der Waals surface area contributed by atoms with Crippen LogP contribution in [0.3, 0.4) is 0 Å². The van der Waals surface area contributed by atoms with Crippen LogP contribution in [0.15, 0.2) is 247 Å². The van der Waals surface area contributed by atoms with Crippen molar-refractivity contribution in [3.05, 3.63) is 243 Å². The zero-order chi connectivity index (χ0) is 42.2. The van der Waals surface area contributed by atoms with E-state index >= 15 is 0 Å². The maximum Gasteiger partial charge on any atom is 0.179 e. The normalized spacial score (nSPS) is 12.1. The summed E-state index contributed by atoms with van der Waals surface area (Å²) in [5.74, 6) is 0. The van der Waals surface area contributed by atoms with Crippen LogP contribution in [0.2, 0.25) is 0 Å². The van der Waals surface area contributed by atoms with Crippen molar-refractivity contribution in [3.63, 3.8) is 0 Å². The summed E-state index contributed by atoms with van der Waals surface area (Å²) in [6.45, 7) is 0. The molecule has 0 aliphatic carbocycles. The standard InChI is InChI=1S/C60H40N2OSi/c1-4-20-43(21-5-1)64(44-22-6-2-7-23-44,45-24-8-3-9-25-45)46-26-16-19-42(40-46)61-53-32-13-11-28-49(53)51-31-17-34-55(60(51)61)62-54-33-14-10-27-48(54)50-38-37-41(39-56(50)62)47-30-18-36-58-59(47)52-29-12-15-35-57(52)63-58/h1-40H. The SMILES string of the molecule is c1ccc([Si](c2ccccc2)(c2ccccc2)c2cccc(-n3c4ccccc4c4cccc(-n5c6ccccc6c6ccc(-c7cccc8oc9ccccc9c78)cc65)c43)c2)cc1. The van der Waals surface area contributed by atoms with Crippen LogP contribution >= 0.6 is 0 Å². The van der Waals surface area contributed by atoms with Crippen LogP contribution in [0, 0.1) is 0 Å². The van der Waals surface area contributed by atoms with Crippen molar-refractivity contribution in [2.24, 2.45) is 0 Å². The predicted molar refractivity (Wildman–Crippen MR) is 271 cm³/mol. The van der Waals surface area contributed by atoms with Crippen molar-refractivity contribution in [2.45, 2.75) is 0 Å². The van der Waals surface area contributed by atoms with Gasteiger partial charge in [0.15, 0.2) is 8.07 Å². The lowest BCUT2D eigenvalue weighted by molar-refractivity contribution is 0.669. The minimum atomic E-state index is -2.81. The molecule has 13 aromatic rings. The highest BCUT2D eigenvalue weighted by Crippen LogP contribution is 2.42. The van der Waals surface area contributed by atoms with Gasteiger partial charge in [-0.1, -0.05) is 194 Å². The van der Waals surface area contributed by atoms with Gasteiger partial charge in [-0.15, -0.1) is 0 Å². The Kier molecular flexibility index (Phi) is 8.23. The van der Waals surface area contributed by atoms with Gasteiger partial charge in [-0.25, -0.2) is 0 Å². The molecule has 3 heterocycles. The van der Waals surface area contributed by atoms with Crippen LogP contribution in [-0.2, 0) is 0 Å². The average molecular weight is 833 g/mol. The average Bonchev–Trinajstić information content (AvgIpc) is 4.03. The maximum absolute atomic E-state index is 6.37. The van der Waals surface area contributed by atoms with E-state index in [1.807, 2.05) is 6.07 Å². The van der Waals surface area contributed by atoms with Crippen LogP contribution in [0.4, 0.5) is 0 Å². The van der Waals surface area contributed by atoms with Crippen LogP contribution < -0.4 is 20.7 Å². The molecular weight excluding hydrogens is 793 g/mol. The number of fused-ring (bicyclic) bond motifs is 9. The number of para-hydroxylation sites is 4. The second-order valence-electron chi connectivity index (χ2n) is 16.8. The first-order chi connectivity index (χ1) is 31.8. The molecule has 13 rings (SSSR count). The lowest BCUT2D eigenvalue weighted by Crippen LogP contribution is -2.74. The molecule has 3 aromatic heterocycles. The molecule has 300 valence electrons. The monoisotopic (exact) mass is 832 g/mol. The van der Waals surface area contributed by atoms with Crippen molar-refractivity contribution >= 4 is 94.4 Å². The molecule has 0 saturated heterocycles. The third-order valence-corrected chi connectivity index (χ3v) is 18.2. The van der Waals surface area contributed by atoms with Crippen LogP contribution in [-0.4, -0.2) is 17.2 Å². The molecule has 0 bridgehead atoms. The molecule has 0 saturated carbocycles. The summed E-state index contributed by atoms with van der Waals surface area (Å²) in [6.07, 6.45) is 0. The Labute approximate surface area is 371 Å². The van der Waals surface area contributed by atoms with E-state index in [2.05, 4.69) is 246 Å².